The largest absolute Gasteiger partial charge is 0.478 e. The van der Waals surface area contributed by atoms with Gasteiger partial charge in [-0.2, -0.15) is 0 Å². The minimum atomic E-state index is -1.45. The molecule has 0 saturated carbocycles. The number of ether oxygens (including phenoxy) is 1. The molecule has 0 spiro atoms. The Morgan fingerprint density at radius 2 is 2.10 bits per heavy atom. The Balaban J connectivity index is 3.16. The normalized spacial score (nSPS) is 11.3. The first-order valence-corrected chi connectivity index (χ1v) is 5.45. The van der Waals surface area contributed by atoms with Gasteiger partial charge in [0, 0.05) is 13.2 Å². The number of nitrogens with one attached hydrogen (secondary N) is 2. The predicted molar refractivity (Wildman–Crippen MR) is 69.4 cm³/mol. The number of primary amides is 1. The van der Waals surface area contributed by atoms with Crippen LogP contribution in [0.2, 0.25) is 0 Å². The third-order valence-corrected chi connectivity index (χ3v) is 2.39. The average molecular weight is 282 g/mol. The summed E-state index contributed by atoms with van der Waals surface area (Å²) in [6.45, 7) is 0. The van der Waals surface area contributed by atoms with E-state index < -0.39 is 23.9 Å². The number of amides is 1. The summed E-state index contributed by atoms with van der Waals surface area (Å²) in [4.78, 5) is 37.4. The van der Waals surface area contributed by atoms with E-state index >= 15 is 0 Å². The van der Waals surface area contributed by atoms with Gasteiger partial charge >= 0.3 is 11.9 Å². The van der Waals surface area contributed by atoms with Crippen LogP contribution < -0.4 is 16.4 Å². The number of pyridine rings is 1. The fourth-order valence-corrected chi connectivity index (χ4v) is 1.41. The zero-order valence-corrected chi connectivity index (χ0v) is 10.8. The van der Waals surface area contributed by atoms with Crippen molar-refractivity contribution in [3.05, 3.63) is 17.8 Å². The molecule has 0 aliphatic carbocycles. The van der Waals surface area contributed by atoms with Crippen LogP contribution in [0.3, 0.4) is 0 Å². The van der Waals surface area contributed by atoms with E-state index in [1.807, 2.05) is 0 Å². The first kappa shape index (κ1) is 15.2. The second kappa shape index (κ2) is 6.36. The van der Waals surface area contributed by atoms with Crippen LogP contribution in [0.5, 0.6) is 0 Å². The Bertz CT molecular complexity index is 546. The van der Waals surface area contributed by atoms with Gasteiger partial charge in [0.05, 0.1) is 18.4 Å². The van der Waals surface area contributed by atoms with Gasteiger partial charge in [-0.1, -0.05) is 0 Å². The maximum absolute atomic E-state index is 11.4. The minimum absolute atomic E-state index is 0.111. The van der Waals surface area contributed by atoms with Gasteiger partial charge in [-0.25, -0.2) is 14.6 Å². The van der Waals surface area contributed by atoms with E-state index in [4.69, 9.17) is 10.8 Å². The molecule has 0 saturated heterocycles. The van der Waals surface area contributed by atoms with Gasteiger partial charge in [0.25, 0.3) is 5.91 Å². The number of aromatic nitrogens is 1. The van der Waals surface area contributed by atoms with Crippen molar-refractivity contribution in [2.75, 3.05) is 24.8 Å². The molecule has 9 nitrogen and oxygen atoms in total. The molecule has 0 aliphatic heterocycles. The average Bonchev–Trinajstić information content (AvgIpc) is 2.43. The van der Waals surface area contributed by atoms with Crippen LogP contribution in [0.1, 0.15) is 10.4 Å². The maximum atomic E-state index is 11.4. The summed E-state index contributed by atoms with van der Waals surface area (Å²) in [6.07, 6.45) is 1.14. The number of hydrogen-bond donors (Lipinski definition) is 4. The van der Waals surface area contributed by atoms with Crippen molar-refractivity contribution in [3.8, 4) is 0 Å². The first-order chi connectivity index (χ1) is 9.40. The molecule has 0 fully saturated rings. The summed E-state index contributed by atoms with van der Waals surface area (Å²) in [6, 6.07) is -0.224. The number of carbonyl (C=O) groups is 3. The number of nitrogens with two attached hydrogens (primary N) is 1. The highest BCUT2D eigenvalue weighted by Gasteiger charge is 2.26. The molecule has 0 aromatic carbocycles. The molecule has 1 heterocycles. The molecule has 1 atom stereocenters. The molecule has 1 aromatic heterocycles. The Hall–Kier alpha value is -2.84. The molecule has 108 valence electrons. The van der Waals surface area contributed by atoms with Crippen LogP contribution in [0.25, 0.3) is 0 Å². The van der Waals surface area contributed by atoms with E-state index in [9.17, 15) is 14.4 Å². The van der Waals surface area contributed by atoms with Gasteiger partial charge < -0.3 is 26.2 Å². The van der Waals surface area contributed by atoms with Crippen LogP contribution >= 0.6 is 0 Å². The lowest BCUT2D eigenvalue weighted by molar-refractivity contribution is -0.144. The van der Waals surface area contributed by atoms with Crippen molar-refractivity contribution in [3.63, 3.8) is 0 Å². The van der Waals surface area contributed by atoms with Gasteiger partial charge in [0.2, 0.25) is 6.04 Å². The predicted octanol–water partition coefficient (Wildman–Crippen LogP) is -0.740. The lowest BCUT2D eigenvalue weighted by Gasteiger charge is -2.16. The van der Waals surface area contributed by atoms with Gasteiger partial charge in [-0.05, 0) is 6.07 Å². The number of nitrogens with zero attached hydrogens (tertiary/aromatic N) is 1. The molecule has 0 aliphatic rings. The standard InChI is InChI=1S/C11H14N4O5/c1-13-9-6(3-5(4-14-9)10(17)18)15-7(8(12)16)11(19)20-2/h3-4,7,15H,1-2H3,(H2,12,16)(H,13,14)(H,17,18). The van der Waals surface area contributed by atoms with Gasteiger partial charge in [0.1, 0.15) is 5.82 Å². The number of esters is 1. The van der Waals surface area contributed by atoms with E-state index in [0.717, 1.165) is 13.3 Å². The SMILES string of the molecule is CNc1ncc(C(=O)O)cc1NC(C(N)=O)C(=O)OC. The zero-order chi connectivity index (χ0) is 15.3. The van der Waals surface area contributed by atoms with Crippen molar-refractivity contribution in [1.82, 2.24) is 4.98 Å². The molecule has 20 heavy (non-hydrogen) atoms. The molecule has 0 bridgehead atoms. The van der Waals surface area contributed by atoms with Gasteiger partial charge in [-0.15, -0.1) is 0 Å². The number of carbonyl (C=O) groups excluding carboxylic acids is 2. The van der Waals surface area contributed by atoms with Gasteiger partial charge in [0.15, 0.2) is 0 Å². The van der Waals surface area contributed by atoms with Crippen molar-refractivity contribution in [2.24, 2.45) is 5.73 Å². The topological polar surface area (TPSA) is 144 Å². The summed E-state index contributed by atoms with van der Waals surface area (Å²) >= 11 is 0. The highest BCUT2D eigenvalue weighted by Crippen LogP contribution is 2.21. The number of aromatic carboxylic acids is 1. The smallest absolute Gasteiger partial charge is 0.338 e. The molecule has 1 unspecified atom stereocenters. The second-order valence-corrected chi connectivity index (χ2v) is 3.68. The minimum Gasteiger partial charge on any atom is -0.478 e. The van der Waals surface area contributed by atoms with E-state index in [1.54, 1.807) is 7.05 Å². The number of hydrogen-bond acceptors (Lipinski definition) is 7. The number of rotatable bonds is 6. The first-order valence-electron chi connectivity index (χ1n) is 5.45. The Morgan fingerprint density at radius 1 is 1.45 bits per heavy atom. The summed E-state index contributed by atoms with van der Waals surface area (Å²) in [5, 5.41) is 14.1. The molecular formula is C11H14N4O5. The fourth-order valence-electron chi connectivity index (χ4n) is 1.41. The number of carboxylic acids is 1. The summed E-state index contributed by atoms with van der Waals surface area (Å²) in [5.74, 6) is -2.79. The van der Waals surface area contributed by atoms with E-state index in [2.05, 4.69) is 20.4 Å². The quantitative estimate of drug-likeness (QED) is 0.394. The Morgan fingerprint density at radius 3 is 2.55 bits per heavy atom. The van der Waals surface area contributed by atoms with Crippen molar-refractivity contribution in [2.45, 2.75) is 6.04 Å². The summed E-state index contributed by atoms with van der Waals surface area (Å²) < 4.78 is 4.44. The Labute approximate surface area is 114 Å². The fraction of sp³-hybridized carbons (Fsp3) is 0.273. The monoisotopic (exact) mass is 282 g/mol. The number of anilines is 2. The van der Waals surface area contributed by atoms with Crippen LogP contribution in [0.15, 0.2) is 12.3 Å². The molecule has 0 radical (unpaired) electrons. The van der Waals surface area contributed by atoms with E-state index in [0.29, 0.717) is 0 Å². The highest BCUT2D eigenvalue weighted by atomic mass is 16.5. The third kappa shape index (κ3) is 3.34. The summed E-state index contributed by atoms with van der Waals surface area (Å²) in [7, 11) is 2.65. The molecule has 9 heteroatoms. The highest BCUT2D eigenvalue weighted by molar-refractivity contribution is 6.04. The molecule has 1 aromatic rings. The molecule has 5 N–H and O–H groups in total. The number of methoxy groups -OCH3 is 1. The van der Waals surface area contributed by atoms with Crippen molar-refractivity contribution < 1.29 is 24.2 Å². The maximum Gasteiger partial charge on any atom is 0.338 e. The Kier molecular flexibility index (Phi) is 4.84. The van der Waals surface area contributed by atoms with Crippen molar-refractivity contribution >= 4 is 29.4 Å². The van der Waals surface area contributed by atoms with E-state index in [-0.39, 0.29) is 17.1 Å². The summed E-state index contributed by atoms with van der Waals surface area (Å²) in [5.41, 5.74) is 5.12. The second-order valence-electron chi connectivity index (χ2n) is 3.68. The van der Waals surface area contributed by atoms with Crippen LogP contribution in [-0.4, -0.2) is 48.1 Å². The number of carboxylic acid groups (broad SMARTS) is 1. The van der Waals surface area contributed by atoms with E-state index in [1.165, 1.54) is 6.07 Å². The van der Waals surface area contributed by atoms with Crippen LogP contribution in [0, 0.1) is 0 Å². The lowest BCUT2D eigenvalue weighted by atomic mass is 10.2. The lowest BCUT2D eigenvalue weighted by Crippen LogP contribution is -2.43. The van der Waals surface area contributed by atoms with Crippen molar-refractivity contribution in [1.29, 1.82) is 0 Å². The van der Waals surface area contributed by atoms with Gasteiger partial charge in [-0.3, -0.25) is 4.79 Å². The molecular weight excluding hydrogens is 268 g/mol. The third-order valence-electron chi connectivity index (χ3n) is 2.39. The molecule has 1 rings (SSSR count). The van der Waals surface area contributed by atoms with Crippen LogP contribution in [0.4, 0.5) is 11.5 Å². The molecule has 1 amide bonds. The zero-order valence-electron chi connectivity index (χ0n) is 10.8. The van der Waals surface area contributed by atoms with Crippen LogP contribution in [-0.2, 0) is 14.3 Å².